The molecule has 1 rings (SSSR count). The Morgan fingerprint density at radius 2 is 1.73 bits per heavy atom. The van der Waals surface area contributed by atoms with Crippen LogP contribution in [0.1, 0.15) is 10.4 Å². The number of carboxylic acids is 1. The van der Waals surface area contributed by atoms with Gasteiger partial charge in [0.15, 0.2) is 0 Å². The second kappa shape index (κ2) is 9.42. The quantitative estimate of drug-likeness (QED) is 0.376. The van der Waals surface area contributed by atoms with Crippen LogP contribution in [-0.2, 0) is 11.4 Å². The summed E-state index contributed by atoms with van der Waals surface area (Å²) in [4.78, 5) is 10.3. The van der Waals surface area contributed by atoms with Gasteiger partial charge in [0, 0.05) is 0 Å². The Hall–Kier alpha value is 0.196. The molecular weight excluding hydrogens is 251 g/mol. The monoisotopic (exact) mass is 258 g/mol. The normalized spacial score (nSPS) is 10.3. The molecule has 0 bridgehead atoms. The first-order valence-electron chi connectivity index (χ1n) is 3.24. The number of carbonyl (C=O) groups is 1. The Labute approximate surface area is 131 Å². The van der Waals surface area contributed by atoms with Crippen LogP contribution < -0.4 is 51.4 Å². The zero-order valence-corrected chi connectivity index (χ0v) is 11.7. The molecule has 0 spiro atoms. The van der Waals surface area contributed by atoms with E-state index in [4.69, 9.17) is 23.5 Å². The van der Waals surface area contributed by atoms with E-state index in [1.165, 1.54) is 12.1 Å². The fourth-order valence-corrected chi connectivity index (χ4v) is 0.654. The molecule has 78 valence electrons. The van der Waals surface area contributed by atoms with Crippen molar-refractivity contribution in [3.8, 4) is 5.75 Å². The summed E-state index contributed by atoms with van der Waals surface area (Å²) in [5.74, 6) is -1.31. The van der Waals surface area contributed by atoms with Crippen LogP contribution in [0, 0.1) is 0 Å². The van der Waals surface area contributed by atoms with Crippen LogP contribution >= 0.6 is 0 Å². The van der Waals surface area contributed by atoms with Crippen molar-refractivity contribution in [1.82, 2.24) is 0 Å². The van der Waals surface area contributed by atoms with Gasteiger partial charge >= 0.3 is 57.4 Å². The number of phenols is 1. The first kappa shape index (κ1) is 17.6. The van der Waals surface area contributed by atoms with E-state index in [0.717, 1.165) is 0 Å². The Kier molecular flexibility index (Phi) is 11.0. The Balaban J connectivity index is 0. The summed E-state index contributed by atoms with van der Waals surface area (Å²) in [7, 11) is 0. The molecule has 8 heteroatoms. The standard InChI is InChI=1S/C7H6O3.K.H2O3S/c8-6-4-2-1-3-5(6)7(9)10;;1-4(2)3/h1-4,8H,(H,9,10);;(H2,1,2,3)/q;+1;/p-1. The number of aromatic hydroxyl groups is 1. The zero-order valence-electron chi connectivity index (χ0n) is 7.78. The van der Waals surface area contributed by atoms with Crippen molar-refractivity contribution in [3.05, 3.63) is 29.8 Å². The van der Waals surface area contributed by atoms with Crippen LogP contribution in [0.5, 0.6) is 5.75 Å². The topological polar surface area (TPSA) is 118 Å². The maximum absolute atomic E-state index is 10.3. The third kappa shape index (κ3) is 9.14. The molecule has 1 atom stereocenters. The van der Waals surface area contributed by atoms with Crippen molar-refractivity contribution in [2.24, 2.45) is 0 Å². The molecule has 0 saturated carbocycles. The van der Waals surface area contributed by atoms with Crippen LogP contribution in [0.15, 0.2) is 24.3 Å². The molecule has 0 saturated heterocycles. The molecule has 6 nitrogen and oxygen atoms in total. The number of aromatic carboxylic acids is 1. The average Bonchev–Trinajstić information content (AvgIpc) is 2.03. The summed E-state index contributed by atoms with van der Waals surface area (Å²) in [6, 6.07) is 5.81. The predicted molar refractivity (Wildman–Crippen MR) is 46.6 cm³/mol. The molecule has 0 radical (unpaired) electrons. The van der Waals surface area contributed by atoms with E-state index in [1.54, 1.807) is 12.1 Å². The van der Waals surface area contributed by atoms with Crippen LogP contribution in [0.25, 0.3) is 0 Å². The van der Waals surface area contributed by atoms with Gasteiger partial charge in [-0.1, -0.05) is 12.1 Å². The van der Waals surface area contributed by atoms with Crippen molar-refractivity contribution in [2.45, 2.75) is 0 Å². The SMILES string of the molecule is O=C(O)c1ccccc1O.O=S([O-])O.[K+]. The van der Waals surface area contributed by atoms with Crippen molar-refractivity contribution in [1.29, 1.82) is 0 Å². The Morgan fingerprint density at radius 3 is 2.00 bits per heavy atom. The fourth-order valence-electron chi connectivity index (χ4n) is 0.654. The van der Waals surface area contributed by atoms with Crippen LogP contribution in [-0.4, -0.2) is 29.5 Å². The maximum Gasteiger partial charge on any atom is 1.00 e. The van der Waals surface area contributed by atoms with E-state index in [2.05, 4.69) is 0 Å². The van der Waals surface area contributed by atoms with E-state index in [-0.39, 0.29) is 62.7 Å². The summed E-state index contributed by atoms with van der Waals surface area (Å²) in [6.45, 7) is 0. The molecule has 0 aliphatic rings. The van der Waals surface area contributed by atoms with Gasteiger partial charge in [-0.05, 0) is 12.1 Å². The van der Waals surface area contributed by atoms with E-state index in [1.807, 2.05) is 0 Å². The number of para-hydroxylation sites is 1. The molecule has 3 N–H and O–H groups in total. The van der Waals surface area contributed by atoms with Gasteiger partial charge in [-0.15, -0.1) is 0 Å². The fraction of sp³-hybridized carbons (Fsp3) is 0. The number of carboxylic acid groups (broad SMARTS) is 1. The van der Waals surface area contributed by atoms with E-state index in [9.17, 15) is 4.79 Å². The molecular formula is C7H7KO6S. The Bertz CT molecular complexity index is 338. The summed E-state index contributed by atoms with van der Waals surface area (Å²) in [5.41, 5.74) is -0.0671. The minimum Gasteiger partial charge on any atom is -0.750 e. The number of hydrogen-bond acceptors (Lipinski definition) is 4. The molecule has 0 amide bonds. The second-order valence-electron chi connectivity index (χ2n) is 2.04. The molecule has 0 aliphatic carbocycles. The molecule has 15 heavy (non-hydrogen) atoms. The van der Waals surface area contributed by atoms with E-state index in [0.29, 0.717) is 0 Å². The molecule has 0 fully saturated rings. The largest absolute Gasteiger partial charge is 1.00 e. The third-order valence-corrected chi connectivity index (χ3v) is 1.13. The van der Waals surface area contributed by atoms with Crippen molar-refractivity contribution in [3.63, 3.8) is 0 Å². The minimum atomic E-state index is -2.86. The molecule has 0 aliphatic heterocycles. The summed E-state index contributed by atoms with van der Waals surface area (Å²) in [6.07, 6.45) is 0. The van der Waals surface area contributed by atoms with E-state index >= 15 is 0 Å². The maximum atomic E-state index is 10.3. The van der Waals surface area contributed by atoms with Crippen molar-refractivity contribution >= 4 is 17.3 Å². The second-order valence-corrected chi connectivity index (χ2v) is 2.47. The van der Waals surface area contributed by atoms with Gasteiger partial charge in [0.05, 0.1) is 11.4 Å². The number of benzene rings is 1. The van der Waals surface area contributed by atoms with Crippen molar-refractivity contribution < 1.29 is 79.7 Å². The predicted octanol–water partition coefficient (Wildman–Crippen LogP) is -2.57. The molecule has 1 unspecified atom stereocenters. The van der Waals surface area contributed by atoms with Gasteiger partial charge in [-0.2, -0.15) is 0 Å². The van der Waals surface area contributed by atoms with Gasteiger partial charge in [0.2, 0.25) is 0 Å². The Morgan fingerprint density at radius 1 is 1.33 bits per heavy atom. The third-order valence-electron chi connectivity index (χ3n) is 1.13. The molecule has 1 aromatic rings. The molecule has 0 heterocycles. The van der Waals surface area contributed by atoms with Gasteiger partial charge in [0.1, 0.15) is 11.3 Å². The van der Waals surface area contributed by atoms with Crippen LogP contribution in [0.4, 0.5) is 0 Å². The van der Waals surface area contributed by atoms with Gasteiger partial charge in [0.25, 0.3) is 0 Å². The zero-order chi connectivity index (χ0) is 11.1. The first-order valence-corrected chi connectivity index (χ1v) is 4.28. The summed E-state index contributed by atoms with van der Waals surface area (Å²) < 4.78 is 24.1. The smallest absolute Gasteiger partial charge is 0.750 e. The number of hydrogen-bond donors (Lipinski definition) is 3. The summed E-state index contributed by atoms with van der Waals surface area (Å²) >= 11 is -2.86. The average molecular weight is 258 g/mol. The van der Waals surface area contributed by atoms with E-state index < -0.39 is 17.3 Å². The van der Waals surface area contributed by atoms with Gasteiger partial charge < -0.3 is 19.3 Å². The van der Waals surface area contributed by atoms with Gasteiger partial charge in [-0.25, -0.2) is 9.00 Å². The van der Waals surface area contributed by atoms with Crippen LogP contribution in [0.2, 0.25) is 0 Å². The number of rotatable bonds is 1. The molecule has 0 aromatic heterocycles. The van der Waals surface area contributed by atoms with Crippen LogP contribution in [0.3, 0.4) is 0 Å². The summed E-state index contributed by atoms with van der Waals surface area (Å²) in [5, 5.41) is 17.3. The minimum absolute atomic E-state index is 0. The van der Waals surface area contributed by atoms with Gasteiger partial charge in [-0.3, -0.25) is 0 Å². The first-order chi connectivity index (χ1) is 6.45. The van der Waals surface area contributed by atoms with Crippen molar-refractivity contribution in [2.75, 3.05) is 0 Å². The molecule has 1 aromatic carbocycles.